The lowest BCUT2D eigenvalue weighted by Gasteiger charge is -2.09. The molecule has 1 aliphatic rings. The van der Waals surface area contributed by atoms with Gasteiger partial charge in [0.25, 0.3) is 5.91 Å². The Bertz CT molecular complexity index is 877. The second-order valence-corrected chi connectivity index (χ2v) is 6.68. The molecule has 134 valence electrons. The van der Waals surface area contributed by atoms with Gasteiger partial charge in [0, 0.05) is 29.8 Å². The van der Waals surface area contributed by atoms with Gasteiger partial charge in [-0.2, -0.15) is 5.26 Å². The van der Waals surface area contributed by atoms with Crippen molar-refractivity contribution in [3.63, 3.8) is 0 Å². The molecule has 0 aliphatic carbocycles. The molecule has 1 saturated heterocycles. The normalized spacial score (nSPS) is 17.1. The molecule has 1 N–H and O–H groups in total. The molecule has 3 rings (SSSR count). The average molecular weight is 391 g/mol. The maximum Gasteiger partial charge on any atom is 0.262 e. The zero-order valence-electron chi connectivity index (χ0n) is 13.8. The largest absolute Gasteiger partial charge is 0.457 e. The van der Waals surface area contributed by atoms with Crippen LogP contribution in [0.2, 0.25) is 10.0 Å². The Morgan fingerprint density at radius 3 is 2.92 bits per heavy atom. The first-order chi connectivity index (χ1) is 12.6. The van der Waals surface area contributed by atoms with E-state index in [1.54, 1.807) is 30.3 Å². The molecule has 1 amide bonds. The first-order valence-corrected chi connectivity index (χ1v) is 8.89. The van der Waals surface area contributed by atoms with E-state index < -0.39 is 5.91 Å². The van der Waals surface area contributed by atoms with E-state index in [4.69, 9.17) is 32.4 Å². The number of rotatable bonds is 5. The third-order valence-electron chi connectivity index (χ3n) is 3.99. The van der Waals surface area contributed by atoms with Gasteiger partial charge in [-0.3, -0.25) is 4.79 Å². The number of hydrogen-bond donors (Lipinski definition) is 1. The summed E-state index contributed by atoms with van der Waals surface area (Å²) in [6, 6.07) is 10.3. The highest BCUT2D eigenvalue weighted by Crippen LogP contribution is 2.32. The summed E-state index contributed by atoms with van der Waals surface area (Å²) in [4.78, 5) is 12.2. The maximum absolute atomic E-state index is 12.2. The van der Waals surface area contributed by atoms with Crippen molar-refractivity contribution in [2.75, 3.05) is 13.2 Å². The number of benzene rings is 1. The van der Waals surface area contributed by atoms with Gasteiger partial charge in [-0.1, -0.05) is 23.2 Å². The quantitative estimate of drug-likeness (QED) is 0.603. The number of nitriles is 1. The van der Waals surface area contributed by atoms with Gasteiger partial charge < -0.3 is 14.5 Å². The highest BCUT2D eigenvalue weighted by Gasteiger charge is 2.18. The van der Waals surface area contributed by atoms with Crippen LogP contribution in [-0.2, 0) is 9.53 Å². The Morgan fingerprint density at radius 1 is 1.35 bits per heavy atom. The summed E-state index contributed by atoms with van der Waals surface area (Å²) >= 11 is 12.2. The summed E-state index contributed by atoms with van der Waals surface area (Å²) in [5.41, 5.74) is 0.598. The highest BCUT2D eigenvalue weighted by molar-refractivity contribution is 6.35. The zero-order chi connectivity index (χ0) is 18.5. The third-order valence-corrected chi connectivity index (χ3v) is 4.55. The van der Waals surface area contributed by atoms with E-state index in [-0.39, 0.29) is 11.7 Å². The lowest BCUT2D eigenvalue weighted by atomic mass is 10.2. The predicted octanol–water partition coefficient (Wildman–Crippen LogP) is 4.46. The van der Waals surface area contributed by atoms with Gasteiger partial charge >= 0.3 is 0 Å². The van der Waals surface area contributed by atoms with Gasteiger partial charge in [-0.05, 0) is 43.2 Å². The highest BCUT2D eigenvalue weighted by atomic mass is 35.5. The summed E-state index contributed by atoms with van der Waals surface area (Å²) in [5, 5.41) is 13.0. The monoisotopic (exact) mass is 390 g/mol. The SMILES string of the molecule is N#C/C(=C/c1ccc(-c2cc(Cl)ccc2Cl)o1)C(=O)NC[C@H]1CCCO1. The summed E-state index contributed by atoms with van der Waals surface area (Å²) < 4.78 is 11.1. The number of furan rings is 1. The number of hydrogen-bond acceptors (Lipinski definition) is 4. The Morgan fingerprint density at radius 2 is 2.19 bits per heavy atom. The van der Waals surface area contributed by atoms with Gasteiger partial charge in [-0.25, -0.2) is 0 Å². The number of carbonyl (C=O) groups excluding carboxylic acids is 1. The Balaban J connectivity index is 1.73. The molecule has 0 unspecified atom stereocenters. The topological polar surface area (TPSA) is 75.3 Å². The standard InChI is InChI=1S/C19H16Cl2N2O3/c20-13-3-5-17(21)16(9-13)18-6-4-14(26-18)8-12(10-22)19(24)23-11-15-2-1-7-25-15/h3-6,8-9,15H,1-2,7,11H2,(H,23,24)/b12-8-/t15-/m1/s1. The van der Waals surface area contributed by atoms with Crippen LogP contribution in [0.5, 0.6) is 0 Å². The van der Waals surface area contributed by atoms with Crippen LogP contribution in [0.1, 0.15) is 18.6 Å². The van der Waals surface area contributed by atoms with Crippen molar-refractivity contribution in [1.29, 1.82) is 5.26 Å². The van der Waals surface area contributed by atoms with Crippen LogP contribution in [0, 0.1) is 11.3 Å². The van der Waals surface area contributed by atoms with Crippen molar-refractivity contribution < 1.29 is 13.9 Å². The molecule has 5 nitrogen and oxygen atoms in total. The first kappa shape index (κ1) is 18.5. The van der Waals surface area contributed by atoms with Crippen LogP contribution >= 0.6 is 23.2 Å². The van der Waals surface area contributed by atoms with E-state index in [1.165, 1.54) is 6.08 Å². The van der Waals surface area contributed by atoms with E-state index >= 15 is 0 Å². The summed E-state index contributed by atoms with van der Waals surface area (Å²) in [5.74, 6) is 0.419. The Kier molecular flexibility index (Phi) is 6.00. The van der Waals surface area contributed by atoms with E-state index in [2.05, 4.69) is 5.32 Å². The molecule has 2 heterocycles. The minimum atomic E-state index is -0.457. The molecule has 0 radical (unpaired) electrons. The first-order valence-electron chi connectivity index (χ1n) is 8.13. The molecule has 0 saturated carbocycles. The van der Waals surface area contributed by atoms with E-state index in [0.29, 0.717) is 40.3 Å². The summed E-state index contributed by atoms with van der Waals surface area (Å²) in [6.07, 6.45) is 3.31. The molecule has 1 atom stereocenters. The molecule has 7 heteroatoms. The Hall–Kier alpha value is -2.26. The zero-order valence-corrected chi connectivity index (χ0v) is 15.3. The second-order valence-electron chi connectivity index (χ2n) is 5.84. The molecular formula is C19H16Cl2N2O3. The van der Waals surface area contributed by atoms with Crippen LogP contribution in [0.3, 0.4) is 0 Å². The predicted molar refractivity (Wildman–Crippen MR) is 99.7 cm³/mol. The van der Waals surface area contributed by atoms with Crippen LogP contribution < -0.4 is 5.32 Å². The number of halogens is 2. The van der Waals surface area contributed by atoms with Crippen molar-refractivity contribution in [2.45, 2.75) is 18.9 Å². The maximum atomic E-state index is 12.2. The summed E-state index contributed by atoms with van der Waals surface area (Å²) in [6.45, 7) is 1.10. The van der Waals surface area contributed by atoms with Crippen molar-refractivity contribution in [3.05, 3.63) is 51.7 Å². The summed E-state index contributed by atoms with van der Waals surface area (Å²) in [7, 11) is 0. The number of nitrogens with one attached hydrogen (secondary N) is 1. The fourth-order valence-electron chi connectivity index (χ4n) is 2.66. The van der Waals surface area contributed by atoms with E-state index in [0.717, 1.165) is 12.8 Å². The van der Waals surface area contributed by atoms with Crippen molar-refractivity contribution in [1.82, 2.24) is 5.32 Å². The fraction of sp³-hybridized carbons (Fsp3) is 0.263. The fourth-order valence-corrected chi connectivity index (χ4v) is 3.04. The number of carbonyl (C=O) groups is 1. The smallest absolute Gasteiger partial charge is 0.262 e. The molecular weight excluding hydrogens is 375 g/mol. The lowest BCUT2D eigenvalue weighted by Crippen LogP contribution is -2.32. The van der Waals surface area contributed by atoms with Crippen LogP contribution in [-0.4, -0.2) is 25.2 Å². The van der Waals surface area contributed by atoms with E-state index in [9.17, 15) is 10.1 Å². The van der Waals surface area contributed by atoms with Gasteiger partial charge in [0.2, 0.25) is 0 Å². The van der Waals surface area contributed by atoms with Crippen molar-refractivity contribution in [2.24, 2.45) is 0 Å². The average Bonchev–Trinajstić information content (AvgIpc) is 3.31. The molecule has 1 aromatic carbocycles. The minimum absolute atomic E-state index is 0.0130. The molecule has 1 aromatic heterocycles. The van der Waals surface area contributed by atoms with Crippen LogP contribution in [0.25, 0.3) is 17.4 Å². The number of nitrogens with zero attached hydrogens (tertiary/aromatic N) is 1. The van der Waals surface area contributed by atoms with Crippen molar-refractivity contribution in [3.8, 4) is 17.4 Å². The van der Waals surface area contributed by atoms with Gasteiger partial charge in [0.15, 0.2) is 0 Å². The van der Waals surface area contributed by atoms with Crippen molar-refractivity contribution >= 4 is 35.2 Å². The van der Waals surface area contributed by atoms with Gasteiger partial charge in [-0.15, -0.1) is 0 Å². The molecule has 2 aromatic rings. The van der Waals surface area contributed by atoms with Gasteiger partial charge in [0.1, 0.15) is 23.2 Å². The number of ether oxygens (including phenoxy) is 1. The molecule has 1 aliphatic heterocycles. The van der Waals surface area contributed by atoms with E-state index in [1.807, 2.05) is 6.07 Å². The third kappa shape index (κ3) is 4.47. The molecule has 0 spiro atoms. The lowest BCUT2D eigenvalue weighted by molar-refractivity contribution is -0.117. The minimum Gasteiger partial charge on any atom is -0.457 e. The van der Waals surface area contributed by atoms with Crippen LogP contribution in [0.15, 0.2) is 40.3 Å². The molecule has 1 fully saturated rings. The molecule has 0 bridgehead atoms. The molecule has 26 heavy (non-hydrogen) atoms. The second kappa shape index (κ2) is 8.41. The van der Waals surface area contributed by atoms with Crippen LogP contribution in [0.4, 0.5) is 0 Å². The number of amides is 1. The van der Waals surface area contributed by atoms with Gasteiger partial charge in [0.05, 0.1) is 11.1 Å². The Labute approximate surface area is 161 Å².